The molecule has 5 heteroatoms. The molecule has 0 saturated carbocycles. The molecule has 3 aromatic rings. The molecule has 19 heavy (non-hydrogen) atoms. The molecule has 0 unspecified atom stereocenters. The number of thiophene rings is 1. The second-order valence-corrected chi connectivity index (χ2v) is 5.68. The standard InChI is InChI=1S/C14H12N2OS2/c17-13-11-5-1-2-6-12(11)15-14(18)16(13)8-7-10-4-3-9-19-10/h1-6,9H,7-8H2,(H,15,18). The van der Waals surface area contributed by atoms with E-state index in [2.05, 4.69) is 11.1 Å². The van der Waals surface area contributed by atoms with Crippen molar-refractivity contribution in [2.45, 2.75) is 13.0 Å². The highest BCUT2D eigenvalue weighted by atomic mass is 32.1. The van der Waals surface area contributed by atoms with E-state index in [9.17, 15) is 4.79 Å². The van der Waals surface area contributed by atoms with Crippen LogP contribution in [0.15, 0.2) is 46.6 Å². The first kappa shape index (κ1) is 12.3. The van der Waals surface area contributed by atoms with E-state index in [0.717, 1.165) is 11.9 Å². The van der Waals surface area contributed by atoms with Gasteiger partial charge in [-0.2, -0.15) is 0 Å². The molecule has 3 nitrogen and oxygen atoms in total. The molecule has 2 aromatic heterocycles. The number of hydrogen-bond donors (Lipinski definition) is 1. The monoisotopic (exact) mass is 288 g/mol. The van der Waals surface area contributed by atoms with Crippen LogP contribution in [-0.4, -0.2) is 9.55 Å². The summed E-state index contributed by atoms with van der Waals surface area (Å²) in [5, 5.41) is 2.72. The third kappa shape index (κ3) is 2.39. The lowest BCUT2D eigenvalue weighted by Gasteiger charge is -2.07. The zero-order valence-electron chi connectivity index (χ0n) is 10.1. The maximum absolute atomic E-state index is 12.4. The van der Waals surface area contributed by atoms with Gasteiger partial charge in [-0.3, -0.25) is 9.36 Å². The molecule has 0 aliphatic heterocycles. The highest BCUT2D eigenvalue weighted by molar-refractivity contribution is 7.71. The summed E-state index contributed by atoms with van der Waals surface area (Å²) in [6.45, 7) is 0.611. The second kappa shape index (κ2) is 5.11. The van der Waals surface area contributed by atoms with Crippen LogP contribution < -0.4 is 5.56 Å². The third-order valence-electron chi connectivity index (χ3n) is 3.05. The Balaban J connectivity index is 2.04. The van der Waals surface area contributed by atoms with Gasteiger partial charge in [0, 0.05) is 11.4 Å². The fourth-order valence-electron chi connectivity index (χ4n) is 2.08. The molecule has 1 N–H and O–H groups in total. The molecule has 0 amide bonds. The lowest BCUT2D eigenvalue weighted by atomic mass is 10.2. The number of fused-ring (bicyclic) bond motifs is 1. The van der Waals surface area contributed by atoms with Crippen LogP contribution in [-0.2, 0) is 13.0 Å². The van der Waals surface area contributed by atoms with Gasteiger partial charge < -0.3 is 4.98 Å². The number of benzene rings is 1. The van der Waals surface area contributed by atoms with Crippen LogP contribution in [0.5, 0.6) is 0 Å². The Morgan fingerprint density at radius 3 is 2.84 bits per heavy atom. The first-order chi connectivity index (χ1) is 9.25. The van der Waals surface area contributed by atoms with Crippen molar-refractivity contribution in [1.82, 2.24) is 9.55 Å². The molecule has 0 aliphatic rings. The Kier molecular flexibility index (Phi) is 3.31. The van der Waals surface area contributed by atoms with Crippen LogP contribution in [0.1, 0.15) is 4.88 Å². The Morgan fingerprint density at radius 1 is 1.21 bits per heavy atom. The zero-order valence-corrected chi connectivity index (χ0v) is 11.8. The van der Waals surface area contributed by atoms with E-state index in [1.807, 2.05) is 35.7 Å². The Bertz CT molecular complexity index is 815. The molecule has 0 radical (unpaired) electrons. The maximum atomic E-state index is 12.4. The van der Waals surface area contributed by atoms with Gasteiger partial charge in [-0.1, -0.05) is 18.2 Å². The number of nitrogens with zero attached hydrogens (tertiary/aromatic N) is 1. The van der Waals surface area contributed by atoms with Gasteiger partial charge in [-0.25, -0.2) is 0 Å². The fourth-order valence-corrected chi connectivity index (χ4v) is 3.06. The number of aromatic nitrogens is 2. The predicted octanol–water partition coefficient (Wildman–Crippen LogP) is 3.36. The van der Waals surface area contributed by atoms with Crippen molar-refractivity contribution in [3.05, 3.63) is 61.8 Å². The largest absolute Gasteiger partial charge is 0.332 e. The smallest absolute Gasteiger partial charge is 0.262 e. The first-order valence-corrected chi connectivity index (χ1v) is 7.29. The van der Waals surface area contributed by atoms with Crippen LogP contribution in [0.2, 0.25) is 0 Å². The SMILES string of the molecule is O=c1c2ccccc2[nH]c(=S)n1CCc1cccs1. The molecule has 0 spiro atoms. The van der Waals surface area contributed by atoms with Gasteiger partial charge in [0.1, 0.15) is 0 Å². The average molecular weight is 288 g/mol. The van der Waals surface area contributed by atoms with Gasteiger partial charge in [-0.15, -0.1) is 11.3 Å². The van der Waals surface area contributed by atoms with E-state index < -0.39 is 0 Å². The minimum atomic E-state index is -0.0177. The molecule has 0 bridgehead atoms. The number of hydrogen-bond acceptors (Lipinski definition) is 3. The second-order valence-electron chi connectivity index (χ2n) is 4.26. The van der Waals surface area contributed by atoms with Crippen molar-refractivity contribution in [2.75, 3.05) is 0 Å². The average Bonchev–Trinajstić information content (AvgIpc) is 2.92. The summed E-state index contributed by atoms with van der Waals surface area (Å²) in [6.07, 6.45) is 0.827. The van der Waals surface area contributed by atoms with Crippen LogP contribution in [0.3, 0.4) is 0 Å². The third-order valence-corrected chi connectivity index (χ3v) is 4.31. The van der Waals surface area contributed by atoms with Gasteiger partial charge in [0.15, 0.2) is 4.77 Å². The van der Waals surface area contributed by atoms with Gasteiger partial charge in [-0.05, 0) is 42.2 Å². The summed E-state index contributed by atoms with van der Waals surface area (Å²) in [7, 11) is 0. The van der Waals surface area contributed by atoms with Crippen molar-refractivity contribution in [3.63, 3.8) is 0 Å². The van der Waals surface area contributed by atoms with E-state index in [1.165, 1.54) is 4.88 Å². The lowest BCUT2D eigenvalue weighted by Crippen LogP contribution is -2.23. The van der Waals surface area contributed by atoms with Crippen LogP contribution in [0.4, 0.5) is 0 Å². The highest BCUT2D eigenvalue weighted by Gasteiger charge is 2.05. The van der Waals surface area contributed by atoms with E-state index in [4.69, 9.17) is 12.2 Å². The molecule has 0 atom stereocenters. The number of aromatic amines is 1. The molecule has 1 aromatic carbocycles. The molecule has 2 heterocycles. The van der Waals surface area contributed by atoms with Crippen molar-refractivity contribution in [3.8, 4) is 0 Å². The fraction of sp³-hybridized carbons (Fsp3) is 0.143. The van der Waals surface area contributed by atoms with Crippen molar-refractivity contribution >= 4 is 34.5 Å². The molecular formula is C14H12N2OS2. The number of rotatable bonds is 3. The minimum absolute atomic E-state index is 0.0177. The first-order valence-electron chi connectivity index (χ1n) is 6.00. The summed E-state index contributed by atoms with van der Waals surface area (Å²) in [5.41, 5.74) is 0.778. The lowest BCUT2D eigenvalue weighted by molar-refractivity contribution is 0.657. The van der Waals surface area contributed by atoms with Gasteiger partial charge in [0.05, 0.1) is 10.9 Å². The zero-order chi connectivity index (χ0) is 13.2. The van der Waals surface area contributed by atoms with Crippen LogP contribution >= 0.6 is 23.6 Å². The molecule has 0 fully saturated rings. The number of aryl methyl sites for hydroxylation is 1. The number of nitrogens with one attached hydrogen (secondary N) is 1. The van der Waals surface area contributed by atoms with Gasteiger partial charge in [0.2, 0.25) is 0 Å². The van der Waals surface area contributed by atoms with Crippen molar-refractivity contribution in [1.29, 1.82) is 0 Å². The predicted molar refractivity (Wildman–Crippen MR) is 81.4 cm³/mol. The Morgan fingerprint density at radius 2 is 2.05 bits per heavy atom. The summed E-state index contributed by atoms with van der Waals surface area (Å²) in [6, 6.07) is 11.5. The Labute approximate surface area is 119 Å². The van der Waals surface area contributed by atoms with E-state index in [0.29, 0.717) is 16.7 Å². The molecule has 96 valence electrons. The number of para-hydroxylation sites is 1. The van der Waals surface area contributed by atoms with E-state index >= 15 is 0 Å². The van der Waals surface area contributed by atoms with Crippen LogP contribution in [0, 0.1) is 4.77 Å². The topological polar surface area (TPSA) is 37.8 Å². The number of H-pyrrole nitrogens is 1. The van der Waals surface area contributed by atoms with Gasteiger partial charge >= 0.3 is 0 Å². The summed E-state index contributed by atoms with van der Waals surface area (Å²) in [5.74, 6) is 0. The van der Waals surface area contributed by atoms with E-state index in [-0.39, 0.29) is 5.56 Å². The molecule has 0 saturated heterocycles. The minimum Gasteiger partial charge on any atom is -0.332 e. The summed E-state index contributed by atoms with van der Waals surface area (Å²) < 4.78 is 2.12. The normalized spacial score (nSPS) is 10.9. The van der Waals surface area contributed by atoms with Crippen molar-refractivity contribution in [2.24, 2.45) is 0 Å². The molecular weight excluding hydrogens is 276 g/mol. The quantitative estimate of drug-likeness (QED) is 0.750. The van der Waals surface area contributed by atoms with E-state index in [1.54, 1.807) is 15.9 Å². The Hall–Kier alpha value is -1.72. The summed E-state index contributed by atoms with van der Waals surface area (Å²) in [4.78, 5) is 16.8. The maximum Gasteiger partial charge on any atom is 0.262 e. The van der Waals surface area contributed by atoms with Crippen LogP contribution in [0.25, 0.3) is 10.9 Å². The molecule has 0 aliphatic carbocycles. The van der Waals surface area contributed by atoms with Gasteiger partial charge in [0.25, 0.3) is 5.56 Å². The van der Waals surface area contributed by atoms with Crippen molar-refractivity contribution < 1.29 is 0 Å². The summed E-state index contributed by atoms with van der Waals surface area (Å²) >= 11 is 6.97. The highest BCUT2D eigenvalue weighted by Crippen LogP contribution is 2.11. The molecule has 3 rings (SSSR count).